The molecule has 0 aliphatic heterocycles. The number of hydrogen-bond acceptors (Lipinski definition) is 4. The molecule has 1 aliphatic carbocycles. The first-order valence-electron chi connectivity index (χ1n) is 14.4. The minimum absolute atomic E-state index is 0.0128. The van der Waals surface area contributed by atoms with Crippen LogP contribution in [0.3, 0.4) is 0 Å². The second kappa shape index (κ2) is 11.0. The molecule has 0 fully saturated rings. The fourth-order valence-electron chi connectivity index (χ4n) is 6.64. The maximum absolute atomic E-state index is 9.19. The Hall–Kier alpha value is -4.64. The summed E-state index contributed by atoms with van der Waals surface area (Å²) in [6, 6.07) is 43.4. The molecule has 0 radical (unpaired) electrons. The zero-order valence-corrected chi connectivity index (χ0v) is 23.3. The summed E-state index contributed by atoms with van der Waals surface area (Å²) in [4.78, 5) is 0. The van der Waals surface area contributed by atoms with Crippen LogP contribution in [-0.2, 0) is 11.8 Å². The zero-order valence-electron chi connectivity index (χ0n) is 23.3. The monoisotopic (exact) mass is 552 g/mol. The Balaban J connectivity index is 1.48. The average Bonchev–Trinajstić information content (AvgIpc) is 3.04. The summed E-state index contributed by atoms with van der Waals surface area (Å²) < 4.78 is 11.4. The topological polar surface area (TPSA) is 58.9 Å². The Morgan fingerprint density at radius 3 is 1.40 bits per heavy atom. The van der Waals surface area contributed by atoms with Gasteiger partial charge in [-0.1, -0.05) is 84.9 Å². The van der Waals surface area contributed by atoms with E-state index in [2.05, 4.69) is 97.1 Å². The van der Waals surface area contributed by atoms with Gasteiger partial charge in [0.05, 0.1) is 18.6 Å². The van der Waals surface area contributed by atoms with Crippen molar-refractivity contribution in [3.8, 4) is 11.5 Å². The minimum atomic E-state index is -0.522. The highest BCUT2D eigenvalue weighted by Gasteiger charge is 2.43. The molecule has 0 saturated carbocycles. The highest BCUT2D eigenvalue weighted by molar-refractivity contribution is 5.88. The molecule has 0 atom stereocenters. The summed E-state index contributed by atoms with van der Waals surface area (Å²) in [7, 11) is 0. The molecule has 7 rings (SSSR count). The van der Waals surface area contributed by atoms with Crippen LogP contribution in [0.2, 0.25) is 0 Å². The highest BCUT2D eigenvalue weighted by Crippen LogP contribution is 2.51. The number of hydrogen-bond donors (Lipinski definition) is 2. The van der Waals surface area contributed by atoms with Crippen molar-refractivity contribution in [2.45, 2.75) is 11.8 Å². The molecular formula is C38H32O4. The van der Waals surface area contributed by atoms with Gasteiger partial charge in [0.15, 0.2) is 0 Å². The molecule has 0 aromatic heterocycles. The smallest absolute Gasteiger partial charge is 0.120 e. The standard InChI is InChI=1S/C38H32O4/c39-17-19-41-34-15-11-26-22-32(13-9-28(26)24-34)38(33-14-10-29-25-35(42-20-18-40)16-12-27(29)23-33)36-7-3-1-5-30(36)21-31-6-2-4-8-37(31)38/h1-16,22-25,39-40H,17-21H2. The zero-order chi connectivity index (χ0) is 28.5. The third-order valence-corrected chi connectivity index (χ3v) is 8.43. The minimum Gasteiger partial charge on any atom is -0.491 e. The molecule has 0 unspecified atom stereocenters. The summed E-state index contributed by atoms with van der Waals surface area (Å²) >= 11 is 0. The molecule has 0 heterocycles. The quantitative estimate of drug-likeness (QED) is 0.213. The maximum Gasteiger partial charge on any atom is 0.120 e. The Kier molecular flexibility index (Phi) is 6.87. The van der Waals surface area contributed by atoms with E-state index in [1.54, 1.807) is 0 Å². The molecule has 0 amide bonds. The van der Waals surface area contributed by atoms with Crippen molar-refractivity contribution in [1.82, 2.24) is 0 Å². The molecule has 42 heavy (non-hydrogen) atoms. The number of aliphatic hydroxyl groups excluding tert-OH is 2. The van der Waals surface area contributed by atoms with Crippen molar-refractivity contribution < 1.29 is 19.7 Å². The van der Waals surface area contributed by atoms with Gasteiger partial charge in [0.25, 0.3) is 0 Å². The van der Waals surface area contributed by atoms with Gasteiger partial charge in [0.1, 0.15) is 24.7 Å². The lowest BCUT2D eigenvalue weighted by atomic mass is 9.59. The summed E-state index contributed by atoms with van der Waals surface area (Å²) in [5.74, 6) is 1.51. The SMILES string of the molecule is OCCOc1ccc2cc(C3(c4ccc5cc(OCCO)ccc5c4)c4ccccc4Cc4ccccc43)ccc2c1. The predicted octanol–water partition coefficient (Wildman–Crippen LogP) is 7.02. The van der Waals surface area contributed by atoms with Crippen molar-refractivity contribution in [1.29, 1.82) is 0 Å². The molecule has 0 bridgehead atoms. The third-order valence-electron chi connectivity index (χ3n) is 8.43. The Morgan fingerprint density at radius 1 is 0.500 bits per heavy atom. The molecule has 2 N–H and O–H groups in total. The fraction of sp³-hybridized carbons (Fsp3) is 0.158. The molecule has 0 spiro atoms. The van der Waals surface area contributed by atoms with Gasteiger partial charge in [0.2, 0.25) is 0 Å². The first-order valence-corrected chi connectivity index (χ1v) is 14.4. The normalized spacial score (nSPS) is 13.5. The maximum atomic E-state index is 9.19. The largest absolute Gasteiger partial charge is 0.491 e. The van der Waals surface area contributed by atoms with Crippen molar-refractivity contribution in [2.24, 2.45) is 0 Å². The molecule has 4 nitrogen and oxygen atoms in total. The highest BCUT2D eigenvalue weighted by atomic mass is 16.5. The molecule has 4 heteroatoms. The van der Waals surface area contributed by atoms with E-state index in [9.17, 15) is 10.2 Å². The predicted molar refractivity (Wildman–Crippen MR) is 168 cm³/mol. The van der Waals surface area contributed by atoms with Gasteiger partial charge in [0, 0.05) is 0 Å². The molecule has 6 aromatic carbocycles. The van der Waals surface area contributed by atoms with E-state index in [1.165, 1.54) is 33.4 Å². The van der Waals surface area contributed by atoms with Crippen LogP contribution in [0.25, 0.3) is 21.5 Å². The number of benzene rings is 6. The van der Waals surface area contributed by atoms with E-state index in [0.717, 1.165) is 39.5 Å². The van der Waals surface area contributed by atoms with Crippen molar-refractivity contribution in [3.63, 3.8) is 0 Å². The number of ether oxygens (including phenoxy) is 2. The molecule has 0 saturated heterocycles. The lowest BCUT2D eigenvalue weighted by molar-refractivity contribution is 0.201. The molecule has 6 aromatic rings. The second-order valence-electron chi connectivity index (χ2n) is 10.8. The fourth-order valence-corrected chi connectivity index (χ4v) is 6.64. The van der Waals surface area contributed by atoms with Crippen LogP contribution in [0.15, 0.2) is 121 Å². The van der Waals surface area contributed by atoms with Gasteiger partial charge >= 0.3 is 0 Å². The molecule has 1 aliphatic rings. The van der Waals surface area contributed by atoms with Gasteiger partial charge in [-0.15, -0.1) is 0 Å². The van der Waals surface area contributed by atoms with Gasteiger partial charge in [-0.2, -0.15) is 0 Å². The first-order chi connectivity index (χ1) is 20.7. The lowest BCUT2D eigenvalue weighted by Gasteiger charge is -2.42. The summed E-state index contributed by atoms with van der Waals surface area (Å²) in [5, 5.41) is 22.8. The van der Waals surface area contributed by atoms with Crippen LogP contribution in [0, 0.1) is 0 Å². The van der Waals surface area contributed by atoms with E-state index in [1.807, 2.05) is 24.3 Å². The van der Waals surface area contributed by atoms with E-state index >= 15 is 0 Å². The first kappa shape index (κ1) is 26.3. The van der Waals surface area contributed by atoms with Crippen LogP contribution >= 0.6 is 0 Å². The summed E-state index contributed by atoms with van der Waals surface area (Å²) in [5.41, 5.74) is 7.16. The summed E-state index contributed by atoms with van der Waals surface area (Å²) in [6.45, 7) is 0.525. The van der Waals surface area contributed by atoms with Crippen molar-refractivity contribution in [2.75, 3.05) is 26.4 Å². The van der Waals surface area contributed by atoms with Crippen molar-refractivity contribution in [3.05, 3.63) is 155 Å². The van der Waals surface area contributed by atoms with Crippen LogP contribution in [0.5, 0.6) is 11.5 Å². The van der Waals surface area contributed by atoms with Crippen LogP contribution in [0.4, 0.5) is 0 Å². The van der Waals surface area contributed by atoms with Crippen LogP contribution in [0.1, 0.15) is 33.4 Å². The van der Waals surface area contributed by atoms with Gasteiger partial charge in [-0.05, 0) is 97.7 Å². The number of aliphatic hydroxyl groups is 2. The van der Waals surface area contributed by atoms with E-state index in [0.29, 0.717) is 0 Å². The average molecular weight is 553 g/mol. The van der Waals surface area contributed by atoms with E-state index in [4.69, 9.17) is 9.47 Å². The number of rotatable bonds is 8. The van der Waals surface area contributed by atoms with Crippen molar-refractivity contribution >= 4 is 21.5 Å². The molecular weight excluding hydrogens is 520 g/mol. The Labute approximate surface area is 245 Å². The Bertz CT molecular complexity index is 1770. The number of fused-ring (bicyclic) bond motifs is 4. The lowest BCUT2D eigenvalue weighted by Crippen LogP contribution is -2.36. The Morgan fingerprint density at radius 2 is 0.929 bits per heavy atom. The molecule has 208 valence electrons. The van der Waals surface area contributed by atoms with E-state index < -0.39 is 5.41 Å². The van der Waals surface area contributed by atoms with E-state index in [-0.39, 0.29) is 26.4 Å². The van der Waals surface area contributed by atoms with Gasteiger partial charge < -0.3 is 19.7 Å². The van der Waals surface area contributed by atoms with Gasteiger partial charge in [-0.25, -0.2) is 0 Å². The van der Waals surface area contributed by atoms with Gasteiger partial charge in [-0.3, -0.25) is 0 Å². The van der Waals surface area contributed by atoms with Crippen LogP contribution in [-0.4, -0.2) is 36.6 Å². The van der Waals surface area contributed by atoms with Crippen LogP contribution < -0.4 is 9.47 Å². The second-order valence-corrected chi connectivity index (χ2v) is 10.8. The third kappa shape index (κ3) is 4.40. The summed E-state index contributed by atoms with van der Waals surface area (Å²) in [6.07, 6.45) is 0.895.